The predicted molar refractivity (Wildman–Crippen MR) is 275 cm³/mol. The normalized spacial score (nSPS) is 12.5. The summed E-state index contributed by atoms with van der Waals surface area (Å²) in [7, 11) is 0. The van der Waals surface area contributed by atoms with E-state index in [9.17, 15) is 14.4 Å². The van der Waals surface area contributed by atoms with Crippen molar-refractivity contribution in [3.8, 4) is 0 Å². The van der Waals surface area contributed by atoms with E-state index in [1.165, 1.54) is 154 Å². The minimum atomic E-state index is -0.803. The molecule has 64 heavy (non-hydrogen) atoms. The lowest BCUT2D eigenvalue weighted by molar-refractivity contribution is -0.167. The number of carbonyl (C=O) groups excluding carboxylic acids is 3. The molecule has 0 fully saturated rings. The van der Waals surface area contributed by atoms with Crippen molar-refractivity contribution in [2.24, 2.45) is 0 Å². The van der Waals surface area contributed by atoms with E-state index >= 15 is 0 Å². The number of rotatable bonds is 49. The molecule has 6 nitrogen and oxygen atoms in total. The van der Waals surface area contributed by atoms with Crippen molar-refractivity contribution >= 4 is 17.9 Å². The molecule has 0 N–H and O–H groups in total. The SMILES string of the molecule is CCCCC/C=C\C/C=C\C/C=C\C/C=C\CCCC(=O)OC(COC(=O)CCCCCCC/C=C\CCCCCCCCCCC)COC(=O)CCCCCCCCCCCCC. The third kappa shape index (κ3) is 50.1. The highest BCUT2D eigenvalue weighted by molar-refractivity contribution is 5.71. The highest BCUT2D eigenvalue weighted by Crippen LogP contribution is 2.15. The Balaban J connectivity index is 4.43. The highest BCUT2D eigenvalue weighted by atomic mass is 16.6. The maximum atomic E-state index is 12.8. The molecule has 6 heteroatoms. The third-order valence-electron chi connectivity index (χ3n) is 11.7. The minimum absolute atomic E-state index is 0.0965. The largest absolute Gasteiger partial charge is 0.462 e. The van der Waals surface area contributed by atoms with E-state index in [-0.39, 0.29) is 37.5 Å². The third-order valence-corrected chi connectivity index (χ3v) is 11.7. The highest BCUT2D eigenvalue weighted by Gasteiger charge is 2.19. The molecule has 0 bridgehead atoms. The summed E-state index contributed by atoms with van der Waals surface area (Å²) in [6.07, 6.45) is 65.0. The first-order valence-corrected chi connectivity index (χ1v) is 27.3. The monoisotopic (exact) mass is 895 g/mol. The summed E-state index contributed by atoms with van der Waals surface area (Å²) >= 11 is 0. The van der Waals surface area contributed by atoms with Crippen LogP contribution in [0.2, 0.25) is 0 Å². The quantitative estimate of drug-likeness (QED) is 0.0262. The number of allylic oxidation sites excluding steroid dienone is 10. The van der Waals surface area contributed by atoms with Gasteiger partial charge in [0.1, 0.15) is 13.2 Å². The van der Waals surface area contributed by atoms with Crippen LogP contribution in [0.4, 0.5) is 0 Å². The van der Waals surface area contributed by atoms with Gasteiger partial charge in [0.2, 0.25) is 0 Å². The Bertz CT molecular complexity index is 1170. The van der Waals surface area contributed by atoms with E-state index in [0.717, 1.165) is 70.6 Å². The summed E-state index contributed by atoms with van der Waals surface area (Å²) in [5.74, 6) is -0.955. The van der Waals surface area contributed by atoms with Crippen molar-refractivity contribution in [3.05, 3.63) is 60.8 Å². The summed E-state index contributed by atoms with van der Waals surface area (Å²) < 4.78 is 16.8. The van der Waals surface area contributed by atoms with E-state index in [1.807, 2.05) is 0 Å². The fraction of sp³-hybridized carbons (Fsp3) is 0.776. The molecule has 0 aromatic carbocycles. The summed E-state index contributed by atoms with van der Waals surface area (Å²) in [5.41, 5.74) is 0. The van der Waals surface area contributed by atoms with Crippen molar-refractivity contribution < 1.29 is 28.6 Å². The zero-order valence-electron chi connectivity index (χ0n) is 42.3. The Morgan fingerprint density at radius 1 is 0.312 bits per heavy atom. The maximum Gasteiger partial charge on any atom is 0.306 e. The molecule has 370 valence electrons. The van der Waals surface area contributed by atoms with Gasteiger partial charge in [0.15, 0.2) is 6.10 Å². The summed E-state index contributed by atoms with van der Waals surface area (Å²) in [6, 6.07) is 0. The fourth-order valence-electron chi connectivity index (χ4n) is 7.61. The van der Waals surface area contributed by atoms with E-state index < -0.39 is 6.10 Å². The van der Waals surface area contributed by atoms with Crippen LogP contribution in [0.1, 0.15) is 271 Å². The van der Waals surface area contributed by atoms with Crippen molar-refractivity contribution in [1.82, 2.24) is 0 Å². The molecule has 0 radical (unpaired) electrons. The average molecular weight is 895 g/mol. The second kappa shape index (κ2) is 52.7. The van der Waals surface area contributed by atoms with Crippen LogP contribution in [-0.2, 0) is 28.6 Å². The van der Waals surface area contributed by atoms with Gasteiger partial charge in [-0.3, -0.25) is 14.4 Å². The molecule has 0 rings (SSSR count). The molecule has 0 amide bonds. The van der Waals surface area contributed by atoms with E-state index in [4.69, 9.17) is 14.2 Å². The minimum Gasteiger partial charge on any atom is -0.462 e. The number of ether oxygens (including phenoxy) is 3. The lowest BCUT2D eigenvalue weighted by Gasteiger charge is -2.18. The first-order valence-electron chi connectivity index (χ1n) is 27.3. The fourth-order valence-corrected chi connectivity index (χ4v) is 7.61. The van der Waals surface area contributed by atoms with Gasteiger partial charge in [-0.15, -0.1) is 0 Å². The van der Waals surface area contributed by atoms with Crippen LogP contribution in [0.25, 0.3) is 0 Å². The van der Waals surface area contributed by atoms with Crippen LogP contribution in [0.3, 0.4) is 0 Å². The van der Waals surface area contributed by atoms with Gasteiger partial charge >= 0.3 is 17.9 Å². The van der Waals surface area contributed by atoms with E-state index in [2.05, 4.69) is 81.5 Å². The second-order valence-corrected chi connectivity index (χ2v) is 18.1. The van der Waals surface area contributed by atoms with Crippen LogP contribution in [-0.4, -0.2) is 37.2 Å². The molecule has 0 heterocycles. The van der Waals surface area contributed by atoms with Gasteiger partial charge in [0.25, 0.3) is 0 Å². The summed E-state index contributed by atoms with van der Waals surface area (Å²) in [4.78, 5) is 38.0. The first-order chi connectivity index (χ1) is 31.5. The van der Waals surface area contributed by atoms with Crippen LogP contribution in [0.15, 0.2) is 60.8 Å². The number of unbranched alkanes of at least 4 members (excludes halogenated alkanes) is 28. The summed E-state index contributed by atoms with van der Waals surface area (Å²) in [5, 5.41) is 0. The smallest absolute Gasteiger partial charge is 0.306 e. The van der Waals surface area contributed by atoms with Gasteiger partial charge in [0, 0.05) is 19.3 Å². The van der Waals surface area contributed by atoms with Gasteiger partial charge in [-0.05, 0) is 83.5 Å². The van der Waals surface area contributed by atoms with Gasteiger partial charge in [-0.1, -0.05) is 229 Å². The molecule has 0 saturated carbocycles. The van der Waals surface area contributed by atoms with Gasteiger partial charge in [0.05, 0.1) is 0 Å². The van der Waals surface area contributed by atoms with E-state index in [0.29, 0.717) is 19.3 Å². The molecule has 0 aliphatic carbocycles. The van der Waals surface area contributed by atoms with Crippen molar-refractivity contribution in [1.29, 1.82) is 0 Å². The Morgan fingerprint density at radius 3 is 0.969 bits per heavy atom. The summed E-state index contributed by atoms with van der Waals surface area (Å²) in [6.45, 7) is 6.57. The number of hydrogen-bond donors (Lipinski definition) is 0. The molecular formula is C58H102O6. The molecule has 0 aromatic rings. The van der Waals surface area contributed by atoms with Crippen LogP contribution < -0.4 is 0 Å². The first kappa shape index (κ1) is 61.1. The standard InChI is InChI=1S/C58H102O6/c1-4-7-10-13-16-19-22-24-26-28-30-31-33-36-39-42-45-48-51-57(60)63-54-55(53-62-56(59)50-47-44-41-38-35-21-18-15-12-9-6-3)64-58(61)52-49-46-43-40-37-34-32-29-27-25-23-20-17-14-11-8-5-2/h17,20,25,27,30-32,34,40,43,55H,4-16,18-19,21-24,26,28-29,33,35-39,41-42,44-54H2,1-3H3/b20-17-,27-25-,31-30-,34-32-,43-40-. The molecule has 0 saturated heterocycles. The molecule has 1 unspecified atom stereocenters. The molecule has 1 atom stereocenters. The second-order valence-electron chi connectivity index (χ2n) is 18.1. The average Bonchev–Trinajstić information content (AvgIpc) is 3.29. The lowest BCUT2D eigenvalue weighted by Crippen LogP contribution is -2.30. The van der Waals surface area contributed by atoms with Crippen molar-refractivity contribution in [2.75, 3.05) is 13.2 Å². The molecule has 0 aliphatic heterocycles. The Hall–Kier alpha value is -2.89. The van der Waals surface area contributed by atoms with Crippen LogP contribution in [0, 0.1) is 0 Å². The lowest BCUT2D eigenvalue weighted by atomic mass is 10.1. The maximum absolute atomic E-state index is 12.8. The van der Waals surface area contributed by atoms with Crippen LogP contribution >= 0.6 is 0 Å². The van der Waals surface area contributed by atoms with Gasteiger partial charge < -0.3 is 14.2 Å². The molecule has 0 aliphatic rings. The van der Waals surface area contributed by atoms with Crippen molar-refractivity contribution in [3.63, 3.8) is 0 Å². The zero-order chi connectivity index (χ0) is 46.5. The number of esters is 3. The Kier molecular flexibility index (Phi) is 50.4. The zero-order valence-corrected chi connectivity index (χ0v) is 42.3. The van der Waals surface area contributed by atoms with Crippen molar-refractivity contribution in [2.45, 2.75) is 277 Å². The van der Waals surface area contributed by atoms with Gasteiger partial charge in [-0.2, -0.15) is 0 Å². The Labute approximate surface area is 396 Å². The topological polar surface area (TPSA) is 78.9 Å². The predicted octanol–water partition coefficient (Wildman–Crippen LogP) is 18.0. The number of carbonyl (C=O) groups is 3. The molecule has 0 aromatic heterocycles. The Morgan fingerprint density at radius 2 is 0.578 bits per heavy atom. The van der Waals surface area contributed by atoms with Gasteiger partial charge in [-0.25, -0.2) is 0 Å². The molecule has 0 spiro atoms. The van der Waals surface area contributed by atoms with E-state index in [1.54, 1.807) is 0 Å². The molecular weight excluding hydrogens is 793 g/mol. The number of hydrogen-bond acceptors (Lipinski definition) is 6. The van der Waals surface area contributed by atoms with Crippen LogP contribution in [0.5, 0.6) is 0 Å².